The van der Waals surface area contributed by atoms with Gasteiger partial charge in [0.1, 0.15) is 0 Å². The maximum atomic E-state index is 3.69. The van der Waals surface area contributed by atoms with Crippen molar-refractivity contribution in [1.29, 1.82) is 0 Å². The number of hydrogen-bond acceptors (Lipinski definition) is 2. The van der Waals surface area contributed by atoms with Crippen LogP contribution in [0.15, 0.2) is 28.7 Å². The van der Waals surface area contributed by atoms with Gasteiger partial charge in [0.25, 0.3) is 0 Å². The van der Waals surface area contributed by atoms with Gasteiger partial charge in [0.2, 0.25) is 0 Å². The molecule has 1 aromatic rings. The fourth-order valence-corrected chi connectivity index (χ4v) is 3.42. The van der Waals surface area contributed by atoms with Gasteiger partial charge in [0.05, 0.1) is 0 Å². The Labute approximate surface area is 119 Å². The quantitative estimate of drug-likeness (QED) is 0.868. The molecule has 1 fully saturated rings. The lowest BCUT2D eigenvalue weighted by molar-refractivity contribution is 0.407. The molecule has 0 aliphatic carbocycles. The van der Waals surface area contributed by atoms with Crippen LogP contribution in [0.2, 0.25) is 0 Å². The van der Waals surface area contributed by atoms with Crippen molar-refractivity contribution in [2.45, 2.75) is 51.2 Å². The molecule has 2 unspecified atom stereocenters. The molecule has 0 bridgehead atoms. The zero-order valence-electron chi connectivity index (χ0n) is 11.2. The van der Waals surface area contributed by atoms with Gasteiger partial charge in [-0.15, -0.1) is 0 Å². The molecule has 0 amide bonds. The lowest BCUT2D eigenvalue weighted by Gasteiger charge is -2.23. The third-order valence-electron chi connectivity index (χ3n) is 3.71. The molecule has 1 saturated heterocycles. The molecular weight excluding hydrogens is 288 g/mol. The van der Waals surface area contributed by atoms with Crippen LogP contribution in [0.3, 0.4) is 0 Å². The average molecular weight is 311 g/mol. The first-order valence-electron chi connectivity index (χ1n) is 6.90. The molecule has 1 aliphatic heterocycles. The minimum atomic E-state index is 0.386. The standard InChI is InChI=1S/C15H23BrN2/c1-11(10-13-6-5-9-17-13)18-12(2)14-7-3-4-8-15(14)16/h3-4,7-8,11-13,17-18H,5-6,9-10H2,1-2H3/t11?,12-,13?/m0/s1. The van der Waals surface area contributed by atoms with E-state index in [1.54, 1.807) is 0 Å². The Hall–Kier alpha value is -0.380. The Kier molecular flexibility index (Phi) is 5.22. The number of benzene rings is 1. The Morgan fingerprint density at radius 2 is 2.17 bits per heavy atom. The summed E-state index contributed by atoms with van der Waals surface area (Å²) in [6.45, 7) is 5.71. The van der Waals surface area contributed by atoms with Gasteiger partial charge in [-0.1, -0.05) is 34.1 Å². The van der Waals surface area contributed by atoms with Crippen molar-refractivity contribution in [3.8, 4) is 0 Å². The van der Waals surface area contributed by atoms with E-state index in [9.17, 15) is 0 Å². The summed E-state index contributed by atoms with van der Waals surface area (Å²) in [4.78, 5) is 0. The minimum absolute atomic E-state index is 0.386. The highest BCUT2D eigenvalue weighted by atomic mass is 79.9. The van der Waals surface area contributed by atoms with E-state index in [2.05, 4.69) is 64.7 Å². The van der Waals surface area contributed by atoms with Gasteiger partial charge in [-0.3, -0.25) is 0 Å². The van der Waals surface area contributed by atoms with E-state index in [1.807, 2.05) is 0 Å². The smallest absolute Gasteiger partial charge is 0.0305 e. The molecule has 3 heteroatoms. The van der Waals surface area contributed by atoms with Crippen LogP contribution in [0.25, 0.3) is 0 Å². The molecule has 18 heavy (non-hydrogen) atoms. The molecule has 1 aliphatic rings. The summed E-state index contributed by atoms with van der Waals surface area (Å²) < 4.78 is 1.19. The molecule has 2 N–H and O–H groups in total. The van der Waals surface area contributed by atoms with Gasteiger partial charge in [0, 0.05) is 22.6 Å². The highest BCUT2D eigenvalue weighted by Gasteiger charge is 2.18. The summed E-state index contributed by atoms with van der Waals surface area (Å²) in [5.41, 5.74) is 1.34. The summed E-state index contributed by atoms with van der Waals surface area (Å²) in [6, 6.07) is 10.1. The summed E-state index contributed by atoms with van der Waals surface area (Å²) in [7, 11) is 0. The second-order valence-corrected chi connectivity index (χ2v) is 6.19. The van der Waals surface area contributed by atoms with Crippen molar-refractivity contribution < 1.29 is 0 Å². The molecule has 2 nitrogen and oxygen atoms in total. The molecular formula is C15H23BrN2. The molecule has 3 atom stereocenters. The predicted molar refractivity (Wildman–Crippen MR) is 80.8 cm³/mol. The fourth-order valence-electron chi connectivity index (χ4n) is 2.80. The summed E-state index contributed by atoms with van der Waals surface area (Å²) in [6.07, 6.45) is 3.88. The molecule has 2 rings (SSSR count). The maximum Gasteiger partial charge on any atom is 0.0305 e. The van der Waals surface area contributed by atoms with Gasteiger partial charge < -0.3 is 10.6 Å². The maximum absolute atomic E-state index is 3.69. The minimum Gasteiger partial charge on any atom is -0.314 e. The van der Waals surface area contributed by atoms with E-state index >= 15 is 0 Å². The van der Waals surface area contributed by atoms with Crippen molar-refractivity contribution in [3.63, 3.8) is 0 Å². The Morgan fingerprint density at radius 3 is 2.83 bits per heavy atom. The molecule has 100 valence electrons. The zero-order chi connectivity index (χ0) is 13.0. The Balaban J connectivity index is 1.86. The van der Waals surface area contributed by atoms with Crippen LogP contribution in [0, 0.1) is 0 Å². The third-order valence-corrected chi connectivity index (χ3v) is 4.43. The summed E-state index contributed by atoms with van der Waals surface area (Å²) in [5, 5.41) is 7.26. The van der Waals surface area contributed by atoms with Gasteiger partial charge in [-0.05, 0) is 51.3 Å². The zero-order valence-corrected chi connectivity index (χ0v) is 12.8. The van der Waals surface area contributed by atoms with Gasteiger partial charge in [-0.2, -0.15) is 0 Å². The average Bonchev–Trinajstić information content (AvgIpc) is 2.82. The molecule has 0 aromatic heterocycles. The van der Waals surface area contributed by atoms with Crippen molar-refractivity contribution in [1.82, 2.24) is 10.6 Å². The summed E-state index contributed by atoms with van der Waals surface area (Å²) >= 11 is 3.62. The van der Waals surface area contributed by atoms with Crippen LogP contribution in [0.4, 0.5) is 0 Å². The number of rotatable bonds is 5. The monoisotopic (exact) mass is 310 g/mol. The lowest BCUT2D eigenvalue weighted by atomic mass is 10.0. The van der Waals surface area contributed by atoms with E-state index in [0.717, 1.165) is 0 Å². The van der Waals surface area contributed by atoms with Crippen LogP contribution in [0.5, 0.6) is 0 Å². The Morgan fingerprint density at radius 1 is 1.39 bits per heavy atom. The first-order chi connectivity index (χ1) is 8.66. The fraction of sp³-hybridized carbons (Fsp3) is 0.600. The molecule has 1 aromatic carbocycles. The van der Waals surface area contributed by atoms with E-state index in [0.29, 0.717) is 18.1 Å². The lowest BCUT2D eigenvalue weighted by Crippen LogP contribution is -2.35. The number of nitrogens with one attached hydrogen (secondary N) is 2. The van der Waals surface area contributed by atoms with Crippen molar-refractivity contribution in [2.24, 2.45) is 0 Å². The second-order valence-electron chi connectivity index (χ2n) is 5.34. The van der Waals surface area contributed by atoms with E-state index in [4.69, 9.17) is 0 Å². The first kappa shape index (κ1) is 14.0. The van der Waals surface area contributed by atoms with Crippen LogP contribution in [-0.2, 0) is 0 Å². The number of hydrogen-bond donors (Lipinski definition) is 2. The largest absolute Gasteiger partial charge is 0.314 e. The highest BCUT2D eigenvalue weighted by molar-refractivity contribution is 9.10. The van der Waals surface area contributed by atoms with Gasteiger partial charge in [-0.25, -0.2) is 0 Å². The van der Waals surface area contributed by atoms with Gasteiger partial charge >= 0.3 is 0 Å². The summed E-state index contributed by atoms with van der Waals surface area (Å²) in [5.74, 6) is 0. The van der Waals surface area contributed by atoms with E-state index < -0.39 is 0 Å². The van der Waals surface area contributed by atoms with Gasteiger partial charge in [0.15, 0.2) is 0 Å². The van der Waals surface area contributed by atoms with Crippen LogP contribution < -0.4 is 10.6 Å². The topological polar surface area (TPSA) is 24.1 Å². The van der Waals surface area contributed by atoms with Crippen molar-refractivity contribution in [2.75, 3.05) is 6.54 Å². The SMILES string of the molecule is CC(CC1CCCN1)N[C@@H](C)c1ccccc1Br. The first-order valence-corrected chi connectivity index (χ1v) is 7.70. The molecule has 0 radical (unpaired) electrons. The third kappa shape index (κ3) is 3.81. The molecule has 0 spiro atoms. The Bertz CT molecular complexity index is 375. The number of halogens is 1. The molecule has 0 saturated carbocycles. The predicted octanol–water partition coefficient (Wildman–Crippen LogP) is 3.63. The molecule has 1 heterocycles. The second kappa shape index (κ2) is 6.69. The van der Waals surface area contributed by atoms with Crippen molar-refractivity contribution in [3.05, 3.63) is 34.3 Å². The normalized spacial score (nSPS) is 22.9. The van der Waals surface area contributed by atoms with Crippen LogP contribution in [-0.4, -0.2) is 18.6 Å². The highest BCUT2D eigenvalue weighted by Crippen LogP contribution is 2.23. The van der Waals surface area contributed by atoms with E-state index in [-0.39, 0.29) is 0 Å². The van der Waals surface area contributed by atoms with E-state index in [1.165, 1.54) is 35.8 Å². The van der Waals surface area contributed by atoms with Crippen LogP contribution >= 0.6 is 15.9 Å². The van der Waals surface area contributed by atoms with Crippen molar-refractivity contribution >= 4 is 15.9 Å². The van der Waals surface area contributed by atoms with Crippen LogP contribution in [0.1, 0.15) is 44.7 Å².